The molecule has 2 aliphatic rings. The first kappa shape index (κ1) is 28.1. The second-order valence-electron chi connectivity index (χ2n) is 7.52. The van der Waals surface area contributed by atoms with Crippen LogP contribution in [0.25, 0.3) is 0 Å². The number of carbonyl (C=O) groups excluding carboxylic acids is 1. The molecule has 9 heteroatoms. The minimum Gasteiger partial charge on any atom is -0.327 e. The van der Waals surface area contributed by atoms with E-state index in [1.165, 1.54) is 6.07 Å². The van der Waals surface area contributed by atoms with Crippen LogP contribution in [0.1, 0.15) is 51.4 Å². The fourth-order valence-corrected chi connectivity index (χ4v) is 6.34. The van der Waals surface area contributed by atoms with Crippen molar-refractivity contribution in [1.29, 1.82) is 0 Å². The molecule has 0 aromatic heterocycles. The van der Waals surface area contributed by atoms with Gasteiger partial charge in [-0.05, 0) is 56.2 Å². The minimum absolute atomic E-state index is 0. The van der Waals surface area contributed by atoms with Crippen molar-refractivity contribution in [3.05, 3.63) is 29.3 Å². The molecule has 4 nitrogen and oxygen atoms in total. The van der Waals surface area contributed by atoms with Gasteiger partial charge < -0.3 is 5.73 Å². The average molecular weight is 486 g/mol. The molecule has 28 heavy (non-hydrogen) atoms. The summed E-state index contributed by atoms with van der Waals surface area (Å²) in [6.07, 6.45) is 6.66. The third-order valence-corrected chi connectivity index (χ3v) is 8.20. The van der Waals surface area contributed by atoms with Crippen LogP contribution >= 0.6 is 52.1 Å². The van der Waals surface area contributed by atoms with Gasteiger partial charge >= 0.3 is 0 Å². The molecule has 0 aliphatic heterocycles. The number of nitrogens with two attached hydrogens (primary N) is 1. The van der Waals surface area contributed by atoms with E-state index in [-0.39, 0.29) is 63.5 Å². The highest BCUT2D eigenvalue weighted by molar-refractivity contribution is 7.92. The Morgan fingerprint density at radius 1 is 1.11 bits per heavy atom. The molecular weight excluding hydrogens is 454 g/mol. The van der Waals surface area contributed by atoms with E-state index < -0.39 is 9.84 Å². The van der Waals surface area contributed by atoms with E-state index in [4.69, 9.17) is 17.3 Å². The lowest BCUT2D eigenvalue weighted by Gasteiger charge is -2.35. The lowest BCUT2D eigenvalue weighted by Crippen LogP contribution is -2.39. The van der Waals surface area contributed by atoms with E-state index >= 15 is 0 Å². The number of hydrogen-bond acceptors (Lipinski definition) is 4. The third kappa shape index (κ3) is 6.57. The summed E-state index contributed by atoms with van der Waals surface area (Å²) in [4.78, 5) is 12.7. The van der Waals surface area contributed by atoms with Crippen molar-refractivity contribution in [3.8, 4) is 0 Å². The Morgan fingerprint density at radius 2 is 1.75 bits per heavy atom. The maximum atomic E-state index is 12.6. The van der Waals surface area contributed by atoms with Gasteiger partial charge in [-0.3, -0.25) is 4.79 Å². The second kappa shape index (κ2) is 12.1. The van der Waals surface area contributed by atoms with Crippen molar-refractivity contribution in [1.82, 2.24) is 0 Å². The predicted octanol–water partition coefficient (Wildman–Crippen LogP) is 4.10. The molecule has 0 radical (unpaired) electrons. The lowest BCUT2D eigenvalue weighted by molar-refractivity contribution is -0.124. The summed E-state index contributed by atoms with van der Waals surface area (Å²) in [6, 6.07) is 6.46. The summed E-state index contributed by atoms with van der Waals surface area (Å²) in [7, 11) is -3.31. The largest absolute Gasteiger partial charge is 0.327 e. The summed E-state index contributed by atoms with van der Waals surface area (Å²) in [5.74, 6) is 0.607. The van der Waals surface area contributed by atoms with Crippen molar-refractivity contribution in [2.24, 2.45) is 17.6 Å². The Labute approximate surface area is 194 Å². The molecule has 3 rings (SSSR count). The summed E-state index contributed by atoms with van der Waals surface area (Å²) in [5.41, 5.74) is 6.08. The lowest BCUT2D eigenvalue weighted by atomic mass is 9.77. The van der Waals surface area contributed by atoms with E-state index in [2.05, 4.69) is 0 Å². The molecule has 2 aliphatic carbocycles. The van der Waals surface area contributed by atoms with Crippen LogP contribution in [0.5, 0.6) is 0 Å². The summed E-state index contributed by atoms with van der Waals surface area (Å²) in [6.45, 7) is 0. The number of rotatable bonds is 6. The fourth-order valence-electron chi connectivity index (χ4n) is 4.09. The number of carbonyl (C=O) groups is 1. The smallest absolute Gasteiger partial charge is 0.181 e. The predicted molar refractivity (Wildman–Crippen MR) is 130 cm³/mol. The van der Waals surface area contributed by atoms with Crippen LogP contribution in [0.3, 0.4) is 0 Å². The zero-order chi connectivity index (χ0) is 18.0. The molecule has 1 aromatic rings. The normalized spacial score (nSPS) is 26.6. The number of hydrogen-bond donors (Lipinski definition) is 1. The van der Waals surface area contributed by atoms with Crippen LogP contribution < -0.4 is 5.73 Å². The van der Waals surface area contributed by atoms with Gasteiger partial charge in [-0.1, -0.05) is 30.5 Å². The quantitative estimate of drug-likeness (QED) is 0.658. The molecular formula is C19H32ClNO3S4. The van der Waals surface area contributed by atoms with E-state index in [0.717, 1.165) is 32.1 Å². The first-order valence-electron chi connectivity index (χ1n) is 9.15. The Balaban J connectivity index is 0.00000243. The van der Waals surface area contributed by atoms with Gasteiger partial charge in [-0.2, -0.15) is 40.5 Å². The topological polar surface area (TPSA) is 77.2 Å². The second-order valence-corrected chi connectivity index (χ2v) is 10.2. The number of benzene rings is 1. The standard InChI is InChI=1S/C19H26ClNO3S.3H2S/c20-14-4-3-5-15(12-14)25(23,24)16-10-13(11-16)8-9-19(22)17-6-1-2-7-18(17)21;;;/h3-5,12-13,16-18H,1-2,6-11,21H2;3*1H2/t13?,16?,17-,18-;;;/m0.../s1. The van der Waals surface area contributed by atoms with Crippen molar-refractivity contribution >= 4 is 67.7 Å². The van der Waals surface area contributed by atoms with Crippen molar-refractivity contribution < 1.29 is 13.2 Å². The number of halogens is 1. The number of Topliss-reactive ketones (excluding diaryl/α,β-unsaturated/α-hetero) is 1. The Morgan fingerprint density at radius 3 is 2.36 bits per heavy atom. The van der Waals surface area contributed by atoms with Gasteiger partial charge in [0.1, 0.15) is 5.78 Å². The zero-order valence-electron chi connectivity index (χ0n) is 15.9. The first-order chi connectivity index (χ1) is 11.9. The van der Waals surface area contributed by atoms with Crippen LogP contribution in [-0.4, -0.2) is 25.5 Å². The van der Waals surface area contributed by atoms with E-state index in [1.54, 1.807) is 18.2 Å². The SMILES string of the molecule is N[C@H]1CCCC[C@@H]1C(=O)CCC1CC(S(=O)(=O)c2cccc(Cl)c2)C1.S.S.S. The molecule has 1 aromatic carbocycles. The molecule has 2 saturated carbocycles. The highest BCUT2D eigenvalue weighted by atomic mass is 35.5. The van der Waals surface area contributed by atoms with Crippen molar-refractivity contribution in [2.75, 3.05) is 0 Å². The summed E-state index contributed by atoms with van der Waals surface area (Å²) >= 11 is 5.90. The van der Waals surface area contributed by atoms with Gasteiger partial charge in [0.2, 0.25) is 0 Å². The molecule has 0 heterocycles. The van der Waals surface area contributed by atoms with E-state index in [1.807, 2.05) is 0 Å². The van der Waals surface area contributed by atoms with Crippen molar-refractivity contribution in [2.45, 2.75) is 67.6 Å². The van der Waals surface area contributed by atoms with E-state index in [0.29, 0.717) is 35.1 Å². The van der Waals surface area contributed by atoms with Gasteiger partial charge in [0.05, 0.1) is 10.1 Å². The van der Waals surface area contributed by atoms with Crippen LogP contribution in [0, 0.1) is 11.8 Å². The van der Waals surface area contributed by atoms with Gasteiger partial charge in [0, 0.05) is 23.4 Å². The summed E-state index contributed by atoms with van der Waals surface area (Å²) < 4.78 is 25.2. The maximum Gasteiger partial charge on any atom is 0.181 e. The Kier molecular flexibility index (Phi) is 12.2. The van der Waals surface area contributed by atoms with Crippen LogP contribution in [-0.2, 0) is 14.6 Å². The minimum atomic E-state index is -3.31. The van der Waals surface area contributed by atoms with Gasteiger partial charge in [-0.15, -0.1) is 0 Å². The fraction of sp³-hybridized carbons (Fsp3) is 0.632. The molecule has 0 saturated heterocycles. The maximum absolute atomic E-state index is 12.6. The number of ketones is 1. The summed E-state index contributed by atoms with van der Waals surface area (Å²) in [5, 5.41) is 0.0920. The molecule has 162 valence electrons. The molecule has 2 N–H and O–H groups in total. The Hall–Kier alpha value is 0.140. The zero-order valence-corrected chi connectivity index (χ0v) is 20.4. The monoisotopic (exact) mass is 485 g/mol. The highest BCUT2D eigenvalue weighted by Gasteiger charge is 2.40. The molecule has 0 unspecified atom stereocenters. The first-order valence-corrected chi connectivity index (χ1v) is 11.1. The Bertz CT molecular complexity index is 738. The van der Waals surface area contributed by atoms with Crippen LogP contribution in [0.4, 0.5) is 0 Å². The average Bonchev–Trinajstić information content (AvgIpc) is 2.53. The molecule has 2 atom stereocenters. The van der Waals surface area contributed by atoms with E-state index in [9.17, 15) is 13.2 Å². The van der Waals surface area contributed by atoms with Crippen LogP contribution in [0.2, 0.25) is 5.02 Å². The van der Waals surface area contributed by atoms with Crippen molar-refractivity contribution in [3.63, 3.8) is 0 Å². The molecule has 0 amide bonds. The molecule has 2 fully saturated rings. The van der Waals surface area contributed by atoms with Gasteiger partial charge in [-0.25, -0.2) is 8.42 Å². The molecule has 0 bridgehead atoms. The van der Waals surface area contributed by atoms with Crippen LogP contribution in [0.15, 0.2) is 29.2 Å². The van der Waals surface area contributed by atoms with Gasteiger partial charge in [0.15, 0.2) is 9.84 Å². The highest BCUT2D eigenvalue weighted by Crippen LogP contribution is 2.39. The number of sulfone groups is 1. The van der Waals surface area contributed by atoms with Gasteiger partial charge in [0.25, 0.3) is 0 Å². The third-order valence-electron chi connectivity index (χ3n) is 5.79. The molecule has 0 spiro atoms.